The van der Waals surface area contributed by atoms with E-state index in [1.807, 2.05) is 0 Å². The van der Waals surface area contributed by atoms with Gasteiger partial charge in [-0.2, -0.15) is 52.7 Å². The number of carboxylic acid groups (broad SMARTS) is 1. The molecule has 0 aliphatic carbocycles. The van der Waals surface area contributed by atoms with Crippen molar-refractivity contribution in [2.75, 3.05) is 13.7 Å². The average molecular weight is 748 g/mol. The van der Waals surface area contributed by atoms with Gasteiger partial charge >= 0.3 is 36.8 Å². The summed E-state index contributed by atoms with van der Waals surface area (Å²) in [6.07, 6.45) is -24.3. The second-order valence-electron chi connectivity index (χ2n) is 11.3. The summed E-state index contributed by atoms with van der Waals surface area (Å²) < 4.78 is 180. The number of benzene rings is 3. The van der Waals surface area contributed by atoms with Crippen LogP contribution in [0.25, 0.3) is 11.1 Å². The summed E-state index contributed by atoms with van der Waals surface area (Å²) >= 11 is 0. The van der Waals surface area contributed by atoms with E-state index in [0.29, 0.717) is 30.3 Å². The summed E-state index contributed by atoms with van der Waals surface area (Å²) in [5.74, 6) is -2.61. The van der Waals surface area contributed by atoms with Crippen LogP contribution in [0.5, 0.6) is 11.5 Å². The standard InChI is InChI=1S/C32H25F12NO6/c1-15-27(16-8-19(30(36,37)38)11-20(9-16)31(39,40)41)51-28(48)45(15)14-17-10-18(29(33,34)35)5-6-21(17)22-12-25(50-7-3-4-26(46)47)23(32(42,43)44)13-24(22)49-2/h5-6,8-13,15,27H,3-4,7,14H2,1-2H3,(H,46,47)/t15-,27-/m0/s1. The fourth-order valence-electron chi connectivity index (χ4n) is 5.34. The van der Waals surface area contributed by atoms with Crippen LogP contribution in [0.1, 0.15) is 59.3 Å². The number of carboxylic acids is 1. The van der Waals surface area contributed by atoms with Crippen LogP contribution in [-0.4, -0.2) is 41.8 Å². The van der Waals surface area contributed by atoms with Crippen LogP contribution in [0.4, 0.5) is 57.5 Å². The molecule has 4 rings (SSSR count). The van der Waals surface area contributed by atoms with Crippen molar-refractivity contribution in [1.29, 1.82) is 0 Å². The van der Waals surface area contributed by atoms with Crippen molar-refractivity contribution in [3.63, 3.8) is 0 Å². The second-order valence-corrected chi connectivity index (χ2v) is 11.3. The molecule has 2 atom stereocenters. The van der Waals surface area contributed by atoms with E-state index < -0.39 is 108 Å². The number of halogens is 12. The van der Waals surface area contributed by atoms with Gasteiger partial charge in [0.15, 0.2) is 0 Å². The highest BCUT2D eigenvalue weighted by Crippen LogP contribution is 2.46. The van der Waals surface area contributed by atoms with Gasteiger partial charge in [-0.05, 0) is 72.5 Å². The Morgan fingerprint density at radius 3 is 1.88 bits per heavy atom. The summed E-state index contributed by atoms with van der Waals surface area (Å²) in [6, 6.07) is 2.46. The molecule has 1 N–H and O–H groups in total. The molecule has 51 heavy (non-hydrogen) atoms. The molecule has 0 saturated carbocycles. The predicted octanol–water partition coefficient (Wildman–Crippen LogP) is 9.76. The van der Waals surface area contributed by atoms with Crippen molar-refractivity contribution >= 4 is 12.1 Å². The number of cyclic esters (lactones) is 1. The molecule has 0 unspecified atom stereocenters. The first-order valence-electron chi connectivity index (χ1n) is 14.5. The minimum atomic E-state index is -5.24. The summed E-state index contributed by atoms with van der Waals surface area (Å²) in [5.41, 5.74) is -7.65. The zero-order valence-corrected chi connectivity index (χ0v) is 26.1. The summed E-state index contributed by atoms with van der Waals surface area (Å²) in [4.78, 5) is 24.6. The second kappa shape index (κ2) is 14.1. The molecule has 0 spiro atoms. The molecule has 1 saturated heterocycles. The third-order valence-corrected chi connectivity index (χ3v) is 7.79. The largest absolute Gasteiger partial charge is 0.496 e. The van der Waals surface area contributed by atoms with E-state index >= 15 is 0 Å². The van der Waals surface area contributed by atoms with Gasteiger partial charge in [0.25, 0.3) is 0 Å². The molecule has 1 aliphatic heterocycles. The van der Waals surface area contributed by atoms with Gasteiger partial charge in [0.2, 0.25) is 0 Å². The molecule has 19 heteroatoms. The first kappa shape index (κ1) is 39.0. The third-order valence-electron chi connectivity index (χ3n) is 7.79. The van der Waals surface area contributed by atoms with E-state index in [1.54, 1.807) is 0 Å². The number of carbonyl (C=O) groups is 2. The highest BCUT2D eigenvalue weighted by atomic mass is 19.4. The minimum absolute atomic E-state index is 0.140. The Morgan fingerprint density at radius 2 is 1.37 bits per heavy atom. The average Bonchev–Trinajstić information content (AvgIpc) is 3.29. The molecule has 1 fully saturated rings. The van der Waals surface area contributed by atoms with Gasteiger partial charge in [0.1, 0.15) is 23.2 Å². The molecule has 1 aliphatic rings. The van der Waals surface area contributed by atoms with E-state index in [1.165, 1.54) is 0 Å². The first-order chi connectivity index (χ1) is 23.4. The molecule has 1 amide bonds. The first-order valence-corrected chi connectivity index (χ1v) is 14.5. The van der Waals surface area contributed by atoms with Gasteiger partial charge in [0, 0.05) is 12.0 Å². The summed E-state index contributed by atoms with van der Waals surface area (Å²) in [7, 11) is 0.963. The molecule has 0 radical (unpaired) electrons. The van der Waals surface area contributed by atoms with E-state index in [0.717, 1.165) is 31.1 Å². The number of ether oxygens (including phenoxy) is 3. The van der Waals surface area contributed by atoms with Crippen molar-refractivity contribution in [2.45, 2.75) is 63.2 Å². The Hall–Kier alpha value is -4.84. The molecule has 3 aromatic rings. The minimum Gasteiger partial charge on any atom is -0.496 e. The van der Waals surface area contributed by atoms with Gasteiger partial charge in [-0.25, -0.2) is 4.79 Å². The molecule has 0 aromatic heterocycles. The highest BCUT2D eigenvalue weighted by molar-refractivity contribution is 5.78. The fourth-order valence-corrected chi connectivity index (χ4v) is 5.34. The van der Waals surface area contributed by atoms with Crippen LogP contribution in [0.2, 0.25) is 0 Å². The molecule has 0 bridgehead atoms. The smallest absolute Gasteiger partial charge is 0.420 e. The van der Waals surface area contributed by atoms with Gasteiger partial charge in [-0.15, -0.1) is 0 Å². The lowest BCUT2D eigenvalue weighted by molar-refractivity contribution is -0.143. The Morgan fingerprint density at radius 1 is 0.784 bits per heavy atom. The number of carbonyl (C=O) groups excluding carboxylic acids is 1. The maximum absolute atomic E-state index is 14.0. The van der Waals surface area contributed by atoms with Crippen molar-refractivity contribution in [1.82, 2.24) is 4.90 Å². The quantitative estimate of drug-likeness (QED) is 0.164. The van der Waals surface area contributed by atoms with Gasteiger partial charge in [-0.1, -0.05) is 6.07 Å². The van der Waals surface area contributed by atoms with Crippen LogP contribution < -0.4 is 9.47 Å². The van der Waals surface area contributed by atoms with E-state index in [4.69, 9.17) is 19.3 Å². The van der Waals surface area contributed by atoms with E-state index in [9.17, 15) is 62.3 Å². The Kier molecular flexibility index (Phi) is 10.7. The van der Waals surface area contributed by atoms with Gasteiger partial charge in [0.05, 0.1) is 43.0 Å². The summed E-state index contributed by atoms with van der Waals surface area (Å²) in [6.45, 7) is -0.164. The number of aliphatic carboxylic acids is 1. The number of rotatable bonds is 10. The number of hydrogen-bond acceptors (Lipinski definition) is 5. The van der Waals surface area contributed by atoms with Crippen molar-refractivity contribution in [3.05, 3.63) is 81.9 Å². The highest BCUT2D eigenvalue weighted by Gasteiger charge is 2.44. The molecular weight excluding hydrogens is 722 g/mol. The number of methoxy groups -OCH3 is 1. The lowest BCUT2D eigenvalue weighted by atomic mass is 9.93. The Bertz CT molecular complexity index is 1750. The van der Waals surface area contributed by atoms with Crippen LogP contribution >= 0.6 is 0 Å². The van der Waals surface area contributed by atoms with Crippen LogP contribution in [0, 0.1) is 0 Å². The maximum Gasteiger partial charge on any atom is 0.420 e. The zero-order chi connectivity index (χ0) is 38.3. The number of amides is 1. The SMILES string of the molecule is COc1cc(C(F)(F)F)c(OCCCC(=O)O)cc1-c1ccc(C(F)(F)F)cc1CN1C(=O)O[C@H](c2cc(C(F)(F)F)cc(C(F)(F)F)c2)[C@@H]1C. The zero-order valence-electron chi connectivity index (χ0n) is 26.1. The molecule has 7 nitrogen and oxygen atoms in total. The summed E-state index contributed by atoms with van der Waals surface area (Å²) in [5, 5.41) is 8.83. The lowest BCUT2D eigenvalue weighted by Crippen LogP contribution is -2.32. The van der Waals surface area contributed by atoms with Crippen LogP contribution in [-0.2, 0) is 40.8 Å². The Balaban J connectivity index is 1.82. The van der Waals surface area contributed by atoms with Gasteiger partial charge in [-0.3, -0.25) is 9.69 Å². The van der Waals surface area contributed by atoms with Crippen molar-refractivity contribution < 1.29 is 81.6 Å². The fraction of sp³-hybridized carbons (Fsp3) is 0.375. The molecule has 3 aromatic carbocycles. The monoisotopic (exact) mass is 747 g/mol. The number of nitrogens with zero attached hydrogens (tertiary/aromatic N) is 1. The number of hydrogen-bond donors (Lipinski definition) is 1. The van der Waals surface area contributed by atoms with E-state index in [-0.39, 0.29) is 29.2 Å². The Labute approximate surface area is 280 Å². The molecule has 1 heterocycles. The van der Waals surface area contributed by atoms with E-state index in [2.05, 4.69) is 0 Å². The lowest BCUT2D eigenvalue weighted by Gasteiger charge is -2.25. The topological polar surface area (TPSA) is 85.3 Å². The van der Waals surface area contributed by atoms with Crippen LogP contribution in [0.15, 0.2) is 48.5 Å². The maximum atomic E-state index is 14.0. The van der Waals surface area contributed by atoms with Crippen molar-refractivity contribution in [3.8, 4) is 22.6 Å². The van der Waals surface area contributed by atoms with Gasteiger partial charge < -0.3 is 19.3 Å². The third kappa shape index (κ3) is 8.91. The predicted molar refractivity (Wildman–Crippen MR) is 151 cm³/mol. The molecule has 278 valence electrons. The van der Waals surface area contributed by atoms with Crippen molar-refractivity contribution in [2.24, 2.45) is 0 Å². The molecular formula is C32H25F12NO6. The normalized spacial score (nSPS) is 17.1. The van der Waals surface area contributed by atoms with Crippen LogP contribution in [0.3, 0.4) is 0 Å². The number of alkyl halides is 12.